The highest BCUT2D eigenvalue weighted by Crippen LogP contribution is 2.32. The molecule has 0 radical (unpaired) electrons. The molecular formula is C18H18N2O5. The van der Waals surface area contributed by atoms with Gasteiger partial charge in [-0.1, -0.05) is 0 Å². The number of rotatable bonds is 4. The van der Waals surface area contributed by atoms with Gasteiger partial charge >= 0.3 is 0 Å². The molecule has 130 valence electrons. The lowest BCUT2D eigenvalue weighted by atomic mass is 10.1. The molecule has 7 nitrogen and oxygen atoms in total. The van der Waals surface area contributed by atoms with E-state index < -0.39 is 0 Å². The van der Waals surface area contributed by atoms with Gasteiger partial charge in [-0.25, -0.2) is 0 Å². The molecule has 0 bridgehead atoms. The summed E-state index contributed by atoms with van der Waals surface area (Å²) < 4.78 is 15.7. The summed E-state index contributed by atoms with van der Waals surface area (Å²) in [5, 5.41) is 2.77. The van der Waals surface area contributed by atoms with Crippen LogP contribution in [0.25, 0.3) is 0 Å². The van der Waals surface area contributed by atoms with E-state index in [0.29, 0.717) is 34.1 Å². The van der Waals surface area contributed by atoms with E-state index >= 15 is 0 Å². The first-order valence-electron chi connectivity index (χ1n) is 7.60. The van der Waals surface area contributed by atoms with Crippen molar-refractivity contribution in [2.45, 2.75) is 0 Å². The highest BCUT2D eigenvalue weighted by molar-refractivity contribution is 6.06. The second-order valence-electron chi connectivity index (χ2n) is 5.64. The van der Waals surface area contributed by atoms with Crippen LogP contribution in [0.1, 0.15) is 20.7 Å². The summed E-state index contributed by atoms with van der Waals surface area (Å²) in [7, 11) is 4.80. The predicted molar refractivity (Wildman–Crippen MR) is 91.5 cm³/mol. The number of carbonyl (C=O) groups excluding carboxylic acids is 2. The van der Waals surface area contributed by atoms with Crippen LogP contribution in [0.3, 0.4) is 0 Å². The third kappa shape index (κ3) is 3.35. The Balaban J connectivity index is 1.84. The fourth-order valence-corrected chi connectivity index (χ4v) is 2.43. The van der Waals surface area contributed by atoms with Crippen LogP contribution in [-0.2, 0) is 0 Å². The average Bonchev–Trinajstić information content (AvgIpc) is 3.08. The van der Waals surface area contributed by atoms with Crippen molar-refractivity contribution in [3.8, 4) is 17.2 Å². The van der Waals surface area contributed by atoms with E-state index in [4.69, 9.17) is 14.2 Å². The molecule has 2 aromatic rings. The van der Waals surface area contributed by atoms with E-state index in [-0.39, 0.29) is 18.6 Å². The van der Waals surface area contributed by atoms with Gasteiger partial charge in [-0.2, -0.15) is 0 Å². The smallest absolute Gasteiger partial charge is 0.257 e. The Morgan fingerprint density at radius 1 is 1.08 bits per heavy atom. The van der Waals surface area contributed by atoms with E-state index in [0.717, 1.165) is 0 Å². The number of hydrogen-bond acceptors (Lipinski definition) is 5. The lowest BCUT2D eigenvalue weighted by Gasteiger charge is -2.15. The maximum atomic E-state index is 12.4. The molecule has 0 atom stereocenters. The molecule has 0 aromatic heterocycles. The van der Waals surface area contributed by atoms with Gasteiger partial charge in [0, 0.05) is 25.3 Å². The molecule has 0 spiro atoms. The largest absolute Gasteiger partial charge is 0.496 e. The van der Waals surface area contributed by atoms with Gasteiger partial charge in [-0.3, -0.25) is 9.59 Å². The maximum absolute atomic E-state index is 12.4. The molecule has 25 heavy (non-hydrogen) atoms. The molecule has 0 saturated heterocycles. The van der Waals surface area contributed by atoms with Crippen LogP contribution in [0.5, 0.6) is 17.2 Å². The van der Waals surface area contributed by atoms with Gasteiger partial charge in [-0.15, -0.1) is 0 Å². The first kappa shape index (κ1) is 16.6. The lowest BCUT2D eigenvalue weighted by Crippen LogP contribution is -2.22. The van der Waals surface area contributed by atoms with Crippen LogP contribution < -0.4 is 19.5 Å². The normalized spacial score (nSPS) is 11.8. The number of benzene rings is 2. The number of methoxy groups -OCH3 is 1. The fraction of sp³-hybridized carbons (Fsp3) is 0.222. The second kappa shape index (κ2) is 6.72. The molecule has 2 amide bonds. The first-order valence-corrected chi connectivity index (χ1v) is 7.60. The SMILES string of the molecule is COc1ccc(NC(=O)c2ccc3c(c2)OCO3)cc1C(=O)N(C)C. The Labute approximate surface area is 145 Å². The lowest BCUT2D eigenvalue weighted by molar-refractivity contribution is 0.0824. The van der Waals surface area contributed by atoms with Crippen molar-refractivity contribution in [1.82, 2.24) is 4.90 Å². The number of carbonyl (C=O) groups is 2. The molecule has 1 aliphatic heterocycles. The standard InChI is InChI=1S/C18H18N2O5/c1-20(2)18(22)13-9-12(5-7-14(13)23-3)19-17(21)11-4-6-15-16(8-11)25-10-24-15/h4-9H,10H2,1-3H3,(H,19,21). The van der Waals surface area contributed by atoms with Crippen LogP contribution in [0.2, 0.25) is 0 Å². The zero-order chi connectivity index (χ0) is 18.0. The fourth-order valence-electron chi connectivity index (χ4n) is 2.43. The molecule has 1 aliphatic rings. The molecule has 0 aliphatic carbocycles. The van der Waals surface area contributed by atoms with Crippen molar-refractivity contribution < 1.29 is 23.8 Å². The van der Waals surface area contributed by atoms with Crippen molar-refractivity contribution >= 4 is 17.5 Å². The minimum absolute atomic E-state index is 0.148. The average molecular weight is 342 g/mol. The molecule has 0 fully saturated rings. The van der Waals surface area contributed by atoms with E-state index in [2.05, 4.69) is 5.32 Å². The van der Waals surface area contributed by atoms with E-state index in [1.165, 1.54) is 12.0 Å². The number of hydrogen-bond donors (Lipinski definition) is 1. The number of nitrogens with zero attached hydrogens (tertiary/aromatic N) is 1. The van der Waals surface area contributed by atoms with Crippen molar-refractivity contribution in [3.05, 3.63) is 47.5 Å². The van der Waals surface area contributed by atoms with Gasteiger partial charge in [0.1, 0.15) is 5.75 Å². The quantitative estimate of drug-likeness (QED) is 0.923. The molecule has 0 unspecified atom stereocenters. The summed E-state index contributed by atoms with van der Waals surface area (Å²) >= 11 is 0. The van der Waals surface area contributed by atoms with Crippen LogP contribution in [0.15, 0.2) is 36.4 Å². The van der Waals surface area contributed by atoms with Crippen molar-refractivity contribution in [2.75, 3.05) is 33.3 Å². The number of fused-ring (bicyclic) bond motifs is 1. The Hall–Kier alpha value is -3.22. The molecule has 0 saturated carbocycles. The highest BCUT2D eigenvalue weighted by Gasteiger charge is 2.18. The molecule has 2 aromatic carbocycles. The van der Waals surface area contributed by atoms with Crippen molar-refractivity contribution in [1.29, 1.82) is 0 Å². The zero-order valence-electron chi connectivity index (χ0n) is 14.2. The summed E-state index contributed by atoms with van der Waals surface area (Å²) in [6, 6.07) is 9.87. The summed E-state index contributed by atoms with van der Waals surface area (Å²) in [6.45, 7) is 0.148. The van der Waals surface area contributed by atoms with Gasteiger partial charge in [-0.05, 0) is 36.4 Å². The van der Waals surface area contributed by atoms with Crippen molar-refractivity contribution in [2.24, 2.45) is 0 Å². The summed E-state index contributed by atoms with van der Waals surface area (Å²) in [5.41, 5.74) is 1.30. The molecule has 1 heterocycles. The monoisotopic (exact) mass is 342 g/mol. The summed E-state index contributed by atoms with van der Waals surface area (Å²) in [4.78, 5) is 26.2. The van der Waals surface area contributed by atoms with Gasteiger partial charge in [0.05, 0.1) is 12.7 Å². The molecule has 1 N–H and O–H groups in total. The van der Waals surface area contributed by atoms with E-state index in [1.54, 1.807) is 50.5 Å². The summed E-state index contributed by atoms with van der Waals surface area (Å²) in [6.07, 6.45) is 0. The third-order valence-corrected chi connectivity index (χ3v) is 3.73. The number of nitrogens with one attached hydrogen (secondary N) is 1. The Bertz CT molecular complexity index is 832. The van der Waals surface area contributed by atoms with Gasteiger partial charge in [0.25, 0.3) is 11.8 Å². The van der Waals surface area contributed by atoms with E-state index in [9.17, 15) is 9.59 Å². The van der Waals surface area contributed by atoms with E-state index in [1.807, 2.05) is 0 Å². The van der Waals surface area contributed by atoms with Gasteiger partial charge < -0.3 is 24.4 Å². The summed E-state index contributed by atoms with van der Waals surface area (Å²) in [5.74, 6) is 1.06. The Kier molecular flexibility index (Phi) is 4.47. The van der Waals surface area contributed by atoms with Crippen LogP contribution in [0, 0.1) is 0 Å². The highest BCUT2D eigenvalue weighted by atomic mass is 16.7. The number of anilines is 1. The minimum Gasteiger partial charge on any atom is -0.496 e. The zero-order valence-corrected chi connectivity index (χ0v) is 14.2. The topological polar surface area (TPSA) is 77.1 Å². The third-order valence-electron chi connectivity index (χ3n) is 3.73. The molecule has 7 heteroatoms. The van der Waals surface area contributed by atoms with Crippen LogP contribution >= 0.6 is 0 Å². The molecular weight excluding hydrogens is 324 g/mol. The molecule has 3 rings (SSSR count). The van der Waals surface area contributed by atoms with Crippen molar-refractivity contribution in [3.63, 3.8) is 0 Å². The Morgan fingerprint density at radius 3 is 2.56 bits per heavy atom. The van der Waals surface area contributed by atoms with Crippen LogP contribution in [-0.4, -0.2) is 44.7 Å². The minimum atomic E-state index is -0.313. The van der Waals surface area contributed by atoms with Gasteiger partial charge in [0.2, 0.25) is 6.79 Å². The second-order valence-corrected chi connectivity index (χ2v) is 5.64. The van der Waals surface area contributed by atoms with Crippen LogP contribution in [0.4, 0.5) is 5.69 Å². The Morgan fingerprint density at radius 2 is 1.84 bits per heavy atom. The maximum Gasteiger partial charge on any atom is 0.257 e. The van der Waals surface area contributed by atoms with Gasteiger partial charge in [0.15, 0.2) is 11.5 Å². The first-order chi connectivity index (χ1) is 12.0. The number of ether oxygens (including phenoxy) is 3. The predicted octanol–water partition coefficient (Wildman–Crippen LogP) is 2.38. The number of amides is 2.